The number of nitrogens with zero attached hydrogens (tertiary/aromatic N) is 2. The van der Waals surface area contributed by atoms with E-state index in [2.05, 4.69) is 4.90 Å². The first-order chi connectivity index (χ1) is 16.9. The van der Waals surface area contributed by atoms with Crippen LogP contribution in [0.2, 0.25) is 0 Å². The molecule has 1 amide bonds. The molecule has 1 aliphatic rings. The van der Waals surface area contributed by atoms with Gasteiger partial charge in [-0.3, -0.25) is 19.3 Å². The molecular formula is C27H34N2O6. The molecule has 0 bridgehead atoms. The van der Waals surface area contributed by atoms with Gasteiger partial charge in [-0.05, 0) is 41.8 Å². The van der Waals surface area contributed by atoms with Gasteiger partial charge in [0.05, 0.1) is 19.8 Å². The van der Waals surface area contributed by atoms with E-state index in [1.165, 1.54) is 7.05 Å². The number of likely N-dealkylation sites (N-methyl/N-ethyl adjacent to an activating group) is 1. The number of Topliss-reactive ketones (excluding diaryl/α,β-unsaturated/α-hetero) is 2. The van der Waals surface area contributed by atoms with Crippen LogP contribution in [0.25, 0.3) is 11.1 Å². The minimum atomic E-state index is -1.28. The van der Waals surface area contributed by atoms with Gasteiger partial charge in [0.15, 0.2) is 17.6 Å². The Morgan fingerprint density at radius 3 is 2.17 bits per heavy atom. The summed E-state index contributed by atoms with van der Waals surface area (Å²) in [5.41, 5.74) is 2.26. The highest BCUT2D eigenvalue weighted by Gasteiger charge is 2.32. The second-order valence-corrected chi connectivity index (χ2v) is 8.52. The highest BCUT2D eigenvalue weighted by atomic mass is 16.5. The van der Waals surface area contributed by atoms with Crippen LogP contribution in [0.15, 0.2) is 48.5 Å². The monoisotopic (exact) mass is 482 g/mol. The van der Waals surface area contributed by atoms with Gasteiger partial charge in [0.1, 0.15) is 12.4 Å². The van der Waals surface area contributed by atoms with Crippen LogP contribution in [-0.2, 0) is 14.3 Å². The van der Waals surface area contributed by atoms with Crippen LogP contribution < -0.4 is 4.74 Å². The summed E-state index contributed by atoms with van der Waals surface area (Å²) in [5.74, 6) is -0.733. The minimum Gasteiger partial charge on any atom is -0.494 e. The normalized spacial score (nSPS) is 14.8. The minimum absolute atomic E-state index is 0.0978. The van der Waals surface area contributed by atoms with E-state index in [0.29, 0.717) is 12.2 Å². The van der Waals surface area contributed by atoms with Crippen molar-refractivity contribution in [3.05, 3.63) is 54.1 Å². The number of amides is 1. The lowest BCUT2D eigenvalue weighted by molar-refractivity contribution is -0.134. The van der Waals surface area contributed by atoms with Crippen molar-refractivity contribution in [2.24, 2.45) is 0 Å². The fourth-order valence-corrected chi connectivity index (χ4v) is 4.06. The topological polar surface area (TPSA) is 96.4 Å². The van der Waals surface area contributed by atoms with Gasteiger partial charge >= 0.3 is 0 Å². The van der Waals surface area contributed by atoms with Crippen molar-refractivity contribution < 1.29 is 29.0 Å². The molecule has 0 aliphatic carbocycles. The average molecular weight is 483 g/mol. The summed E-state index contributed by atoms with van der Waals surface area (Å²) in [6.07, 6.45) is 1.06. The smallest absolute Gasteiger partial charge is 0.254 e. The zero-order valence-electron chi connectivity index (χ0n) is 20.4. The number of carbonyl (C=O) groups is 3. The van der Waals surface area contributed by atoms with Crippen molar-refractivity contribution in [1.82, 2.24) is 9.80 Å². The Morgan fingerprint density at radius 1 is 1.00 bits per heavy atom. The standard InChI is InChI=1S/C27H34N2O6/c1-3-24(31)26(25(32)19-30)28(2)27(33)22-7-5-20(6-8-22)21-9-11-23(12-10-21)35-16-4-13-29-14-17-34-18-15-29/h5-12,26,30H,3-4,13-19H2,1-2H3. The maximum atomic E-state index is 12.9. The molecule has 8 nitrogen and oxygen atoms in total. The third-order valence-corrected chi connectivity index (χ3v) is 6.13. The van der Waals surface area contributed by atoms with Crippen LogP contribution in [0, 0.1) is 0 Å². The molecule has 8 heteroatoms. The van der Waals surface area contributed by atoms with Crippen LogP contribution in [0.5, 0.6) is 5.75 Å². The summed E-state index contributed by atoms with van der Waals surface area (Å²) in [5, 5.41) is 9.19. The van der Waals surface area contributed by atoms with Crippen molar-refractivity contribution in [1.29, 1.82) is 0 Å². The van der Waals surface area contributed by atoms with Gasteiger partial charge in [-0.25, -0.2) is 0 Å². The molecule has 2 aromatic carbocycles. The van der Waals surface area contributed by atoms with E-state index in [0.717, 1.165) is 61.0 Å². The molecule has 1 atom stereocenters. The summed E-state index contributed by atoms with van der Waals surface area (Å²) < 4.78 is 11.2. The van der Waals surface area contributed by atoms with Crippen molar-refractivity contribution in [2.75, 3.05) is 53.1 Å². The molecule has 35 heavy (non-hydrogen) atoms. The van der Waals surface area contributed by atoms with Crippen LogP contribution in [0.4, 0.5) is 0 Å². The number of ketones is 2. The highest BCUT2D eigenvalue weighted by Crippen LogP contribution is 2.23. The Hall–Kier alpha value is -3.07. The zero-order valence-corrected chi connectivity index (χ0v) is 20.4. The number of aliphatic hydroxyl groups excluding tert-OH is 1. The Bertz CT molecular complexity index is 968. The molecule has 2 aromatic rings. The van der Waals surface area contributed by atoms with E-state index < -0.39 is 30.1 Å². The van der Waals surface area contributed by atoms with Crippen molar-refractivity contribution in [2.45, 2.75) is 25.8 Å². The molecule has 1 fully saturated rings. The molecule has 188 valence electrons. The van der Waals surface area contributed by atoms with Gasteiger partial charge in [-0.1, -0.05) is 31.2 Å². The number of hydrogen-bond donors (Lipinski definition) is 1. The Morgan fingerprint density at radius 2 is 1.60 bits per heavy atom. The molecule has 3 rings (SSSR count). The van der Waals surface area contributed by atoms with E-state index in [1.54, 1.807) is 19.1 Å². The second-order valence-electron chi connectivity index (χ2n) is 8.52. The molecule has 0 aromatic heterocycles. The summed E-state index contributed by atoms with van der Waals surface area (Å²) in [6, 6.07) is 13.5. The van der Waals surface area contributed by atoms with E-state index in [4.69, 9.17) is 9.47 Å². The number of ether oxygens (including phenoxy) is 2. The van der Waals surface area contributed by atoms with Gasteiger partial charge in [-0.2, -0.15) is 0 Å². The summed E-state index contributed by atoms with van der Waals surface area (Å²) in [4.78, 5) is 40.5. The highest BCUT2D eigenvalue weighted by molar-refractivity contribution is 6.10. The van der Waals surface area contributed by atoms with Gasteiger partial charge in [0.2, 0.25) is 0 Å². The maximum Gasteiger partial charge on any atom is 0.254 e. The molecule has 1 saturated heterocycles. The Labute approximate surface area is 206 Å². The predicted molar refractivity (Wildman–Crippen MR) is 133 cm³/mol. The van der Waals surface area contributed by atoms with E-state index in [1.807, 2.05) is 36.4 Å². The molecule has 1 aliphatic heterocycles. The Balaban J connectivity index is 1.56. The molecule has 1 unspecified atom stereocenters. The van der Waals surface area contributed by atoms with Gasteiger partial charge < -0.3 is 19.5 Å². The fraction of sp³-hybridized carbons (Fsp3) is 0.444. The van der Waals surface area contributed by atoms with E-state index >= 15 is 0 Å². The van der Waals surface area contributed by atoms with Crippen LogP contribution >= 0.6 is 0 Å². The number of rotatable bonds is 12. The Kier molecular flexibility index (Phi) is 9.96. The predicted octanol–water partition coefficient (Wildman–Crippen LogP) is 2.44. The second kappa shape index (κ2) is 13.1. The molecule has 0 saturated carbocycles. The molecule has 0 spiro atoms. The number of hydrogen-bond acceptors (Lipinski definition) is 7. The largest absolute Gasteiger partial charge is 0.494 e. The van der Waals surface area contributed by atoms with Crippen LogP contribution in [0.1, 0.15) is 30.1 Å². The van der Waals surface area contributed by atoms with Gasteiger partial charge in [0.25, 0.3) is 5.91 Å². The lowest BCUT2D eigenvalue weighted by Crippen LogP contribution is -2.48. The quantitative estimate of drug-likeness (QED) is 0.367. The summed E-state index contributed by atoms with van der Waals surface area (Å²) in [7, 11) is 1.40. The third-order valence-electron chi connectivity index (χ3n) is 6.13. The first-order valence-corrected chi connectivity index (χ1v) is 12.0. The fourth-order valence-electron chi connectivity index (χ4n) is 4.06. The molecule has 1 heterocycles. The summed E-state index contributed by atoms with van der Waals surface area (Å²) in [6.45, 7) is 6.05. The first-order valence-electron chi connectivity index (χ1n) is 12.0. The average Bonchev–Trinajstić information content (AvgIpc) is 2.91. The first kappa shape index (κ1) is 26.5. The third kappa shape index (κ3) is 7.21. The lowest BCUT2D eigenvalue weighted by atomic mass is 10.0. The number of morpholine rings is 1. The lowest BCUT2D eigenvalue weighted by Gasteiger charge is -2.26. The molecule has 1 N–H and O–H groups in total. The van der Waals surface area contributed by atoms with Crippen molar-refractivity contribution in [3.63, 3.8) is 0 Å². The molecular weight excluding hydrogens is 448 g/mol. The van der Waals surface area contributed by atoms with Crippen LogP contribution in [0.3, 0.4) is 0 Å². The number of benzene rings is 2. The van der Waals surface area contributed by atoms with Crippen LogP contribution in [-0.4, -0.2) is 91.5 Å². The number of aliphatic hydroxyl groups is 1. The van der Waals surface area contributed by atoms with Gasteiger partial charge in [0, 0.05) is 38.7 Å². The SMILES string of the molecule is CCC(=O)C(C(=O)CO)N(C)C(=O)c1ccc(-c2ccc(OCCCN3CCOCC3)cc2)cc1. The molecule has 0 radical (unpaired) electrons. The van der Waals surface area contributed by atoms with Crippen molar-refractivity contribution in [3.8, 4) is 16.9 Å². The van der Waals surface area contributed by atoms with Crippen molar-refractivity contribution >= 4 is 17.5 Å². The zero-order chi connectivity index (χ0) is 25.2. The van der Waals surface area contributed by atoms with E-state index in [9.17, 15) is 19.5 Å². The van der Waals surface area contributed by atoms with Gasteiger partial charge in [-0.15, -0.1) is 0 Å². The summed E-state index contributed by atoms with van der Waals surface area (Å²) >= 11 is 0. The maximum absolute atomic E-state index is 12.9. The number of carbonyl (C=O) groups excluding carboxylic acids is 3. The van der Waals surface area contributed by atoms with E-state index in [-0.39, 0.29) is 6.42 Å².